The van der Waals surface area contributed by atoms with E-state index in [1.807, 2.05) is 31.4 Å². The second-order valence-corrected chi connectivity index (χ2v) is 3.92. The van der Waals surface area contributed by atoms with Crippen molar-refractivity contribution in [2.24, 2.45) is 7.05 Å². The number of benzene rings is 1. The maximum atomic E-state index is 5.62. The van der Waals surface area contributed by atoms with Gasteiger partial charge in [-0.05, 0) is 30.3 Å². The third-order valence-electron chi connectivity index (χ3n) is 2.53. The summed E-state index contributed by atoms with van der Waals surface area (Å²) in [7, 11) is 1.84. The molecule has 1 aromatic carbocycles. The van der Waals surface area contributed by atoms with Crippen molar-refractivity contribution >= 4 is 5.69 Å². The van der Waals surface area contributed by atoms with Gasteiger partial charge in [-0.2, -0.15) is 10.1 Å². The molecule has 0 radical (unpaired) electrons. The number of nitrogens with zero attached hydrogens (tertiary/aromatic N) is 4. The molecule has 0 aliphatic rings. The van der Waals surface area contributed by atoms with Gasteiger partial charge in [0.05, 0.1) is 0 Å². The molecule has 0 aliphatic heterocycles. The summed E-state index contributed by atoms with van der Waals surface area (Å²) in [6.07, 6.45) is 1.83. The summed E-state index contributed by atoms with van der Waals surface area (Å²) in [5, 5.41) is 8.12. The molecule has 2 heterocycles. The molecule has 18 heavy (non-hydrogen) atoms. The second kappa shape index (κ2) is 3.99. The average molecular weight is 241 g/mol. The van der Waals surface area contributed by atoms with E-state index in [-0.39, 0.29) is 0 Å². The molecule has 2 aromatic heterocycles. The van der Waals surface area contributed by atoms with Crippen LogP contribution in [0.25, 0.3) is 23.0 Å². The number of aryl methyl sites for hydroxylation is 1. The zero-order valence-electron chi connectivity index (χ0n) is 9.74. The maximum absolute atomic E-state index is 5.62. The summed E-state index contributed by atoms with van der Waals surface area (Å²) < 4.78 is 6.89. The van der Waals surface area contributed by atoms with Gasteiger partial charge in [-0.25, -0.2) is 0 Å². The van der Waals surface area contributed by atoms with Crippen molar-refractivity contribution in [2.45, 2.75) is 0 Å². The van der Waals surface area contributed by atoms with E-state index in [4.69, 9.17) is 10.3 Å². The van der Waals surface area contributed by atoms with Crippen molar-refractivity contribution in [3.05, 3.63) is 36.5 Å². The van der Waals surface area contributed by atoms with Crippen LogP contribution in [0.2, 0.25) is 0 Å². The molecule has 0 aliphatic carbocycles. The molecule has 2 N–H and O–H groups in total. The Labute approximate surface area is 103 Å². The van der Waals surface area contributed by atoms with Crippen LogP contribution in [0, 0.1) is 0 Å². The first kappa shape index (κ1) is 10.5. The normalized spacial score (nSPS) is 10.7. The van der Waals surface area contributed by atoms with Crippen molar-refractivity contribution in [3.63, 3.8) is 0 Å². The summed E-state index contributed by atoms with van der Waals surface area (Å²) >= 11 is 0. The molecular formula is C12H11N5O. The number of nitrogens with two attached hydrogens (primary N) is 1. The van der Waals surface area contributed by atoms with E-state index >= 15 is 0 Å². The van der Waals surface area contributed by atoms with Gasteiger partial charge in [-0.3, -0.25) is 4.68 Å². The molecule has 0 amide bonds. The van der Waals surface area contributed by atoms with Crippen molar-refractivity contribution in [2.75, 3.05) is 5.73 Å². The molecule has 0 atom stereocenters. The van der Waals surface area contributed by atoms with E-state index in [0.717, 1.165) is 5.56 Å². The highest BCUT2D eigenvalue weighted by atomic mass is 16.5. The van der Waals surface area contributed by atoms with Crippen molar-refractivity contribution < 1.29 is 4.52 Å². The summed E-state index contributed by atoms with van der Waals surface area (Å²) in [6.45, 7) is 0. The van der Waals surface area contributed by atoms with Crippen LogP contribution >= 0.6 is 0 Å². The molecule has 0 spiro atoms. The molecule has 90 valence electrons. The Kier molecular flexibility index (Phi) is 2.33. The van der Waals surface area contributed by atoms with Crippen LogP contribution in [0.5, 0.6) is 0 Å². The Morgan fingerprint density at radius 1 is 1.17 bits per heavy atom. The average Bonchev–Trinajstić information content (AvgIpc) is 2.98. The number of anilines is 1. The van der Waals surface area contributed by atoms with Gasteiger partial charge in [-0.15, -0.1) is 0 Å². The zero-order valence-corrected chi connectivity index (χ0v) is 9.74. The zero-order chi connectivity index (χ0) is 12.5. The van der Waals surface area contributed by atoms with Gasteiger partial charge in [0.2, 0.25) is 5.82 Å². The van der Waals surface area contributed by atoms with Gasteiger partial charge in [0, 0.05) is 24.5 Å². The minimum Gasteiger partial charge on any atom is -0.399 e. The molecule has 0 fully saturated rings. The Morgan fingerprint density at radius 2 is 1.94 bits per heavy atom. The molecular weight excluding hydrogens is 230 g/mol. The summed E-state index contributed by atoms with van der Waals surface area (Å²) in [4.78, 5) is 4.30. The van der Waals surface area contributed by atoms with Gasteiger partial charge in [0.15, 0.2) is 0 Å². The van der Waals surface area contributed by atoms with E-state index in [9.17, 15) is 0 Å². The number of hydrogen-bond acceptors (Lipinski definition) is 5. The minimum absolute atomic E-state index is 0.454. The predicted octanol–water partition coefficient (Wildman–Crippen LogP) is 1.72. The van der Waals surface area contributed by atoms with E-state index in [2.05, 4.69) is 15.2 Å². The van der Waals surface area contributed by atoms with Crippen LogP contribution in [0.3, 0.4) is 0 Å². The Morgan fingerprint density at radius 3 is 2.61 bits per heavy atom. The maximum Gasteiger partial charge on any atom is 0.258 e. The summed E-state index contributed by atoms with van der Waals surface area (Å²) in [6, 6.07) is 9.09. The molecule has 0 saturated heterocycles. The highest BCUT2D eigenvalue weighted by Crippen LogP contribution is 2.21. The molecule has 0 unspecified atom stereocenters. The minimum atomic E-state index is 0.454. The smallest absolute Gasteiger partial charge is 0.258 e. The molecule has 6 nitrogen and oxygen atoms in total. The molecule has 3 rings (SSSR count). The lowest BCUT2D eigenvalue weighted by Gasteiger charge is -1.94. The highest BCUT2D eigenvalue weighted by molar-refractivity contribution is 5.59. The molecule has 0 bridgehead atoms. The summed E-state index contributed by atoms with van der Waals surface area (Å²) in [5.74, 6) is 0.929. The number of nitrogen functional groups attached to an aromatic ring is 1. The van der Waals surface area contributed by atoms with Gasteiger partial charge in [0.25, 0.3) is 5.89 Å². The Balaban J connectivity index is 1.96. The van der Waals surface area contributed by atoms with Crippen LogP contribution in [0.4, 0.5) is 5.69 Å². The molecule has 0 saturated carbocycles. The van der Waals surface area contributed by atoms with Gasteiger partial charge in [-0.1, -0.05) is 5.16 Å². The fraction of sp³-hybridized carbons (Fsp3) is 0.0833. The van der Waals surface area contributed by atoms with E-state index < -0.39 is 0 Å². The van der Waals surface area contributed by atoms with Crippen LogP contribution in [0.15, 0.2) is 41.1 Å². The first-order valence-electron chi connectivity index (χ1n) is 5.42. The van der Waals surface area contributed by atoms with Gasteiger partial charge < -0.3 is 10.3 Å². The third kappa shape index (κ3) is 1.84. The van der Waals surface area contributed by atoms with E-state index in [0.29, 0.717) is 23.1 Å². The molecule has 6 heteroatoms. The Hall–Kier alpha value is -2.63. The van der Waals surface area contributed by atoms with Gasteiger partial charge >= 0.3 is 0 Å². The van der Waals surface area contributed by atoms with E-state index in [1.54, 1.807) is 16.8 Å². The van der Waals surface area contributed by atoms with Gasteiger partial charge in [0.1, 0.15) is 5.69 Å². The highest BCUT2D eigenvalue weighted by Gasteiger charge is 2.12. The predicted molar refractivity (Wildman–Crippen MR) is 66.3 cm³/mol. The van der Waals surface area contributed by atoms with Crippen molar-refractivity contribution in [1.82, 2.24) is 19.9 Å². The number of rotatable bonds is 2. The number of hydrogen-bond donors (Lipinski definition) is 1. The topological polar surface area (TPSA) is 82.8 Å². The SMILES string of the molecule is Cn1ccc(-c2noc(-c3ccc(N)cc3)n2)n1. The lowest BCUT2D eigenvalue weighted by molar-refractivity contribution is 0.432. The van der Waals surface area contributed by atoms with Crippen LogP contribution in [-0.2, 0) is 7.05 Å². The van der Waals surface area contributed by atoms with Crippen molar-refractivity contribution in [1.29, 1.82) is 0 Å². The second-order valence-electron chi connectivity index (χ2n) is 3.92. The standard InChI is InChI=1S/C12H11N5O/c1-17-7-6-10(15-17)11-14-12(18-16-11)8-2-4-9(13)5-3-8/h2-7H,13H2,1H3. The lowest BCUT2D eigenvalue weighted by Crippen LogP contribution is -1.89. The first-order chi connectivity index (χ1) is 8.72. The molecule has 3 aromatic rings. The lowest BCUT2D eigenvalue weighted by atomic mass is 10.2. The number of aromatic nitrogens is 4. The van der Waals surface area contributed by atoms with E-state index in [1.165, 1.54) is 0 Å². The third-order valence-corrected chi connectivity index (χ3v) is 2.53. The largest absolute Gasteiger partial charge is 0.399 e. The van der Waals surface area contributed by atoms with Crippen LogP contribution < -0.4 is 5.73 Å². The summed E-state index contributed by atoms with van der Waals surface area (Å²) in [5.41, 5.74) is 7.84. The van der Waals surface area contributed by atoms with Crippen LogP contribution in [0.1, 0.15) is 0 Å². The fourth-order valence-corrected chi connectivity index (χ4v) is 1.60. The quantitative estimate of drug-likeness (QED) is 0.691. The van der Waals surface area contributed by atoms with Crippen LogP contribution in [-0.4, -0.2) is 19.9 Å². The first-order valence-corrected chi connectivity index (χ1v) is 5.42. The monoisotopic (exact) mass is 241 g/mol. The Bertz CT molecular complexity index is 668. The van der Waals surface area contributed by atoms with Crippen molar-refractivity contribution in [3.8, 4) is 23.0 Å². The fourth-order valence-electron chi connectivity index (χ4n) is 1.60.